The molecule has 1 spiro atoms. The number of carbonyl (C=O) groups is 2. The summed E-state index contributed by atoms with van der Waals surface area (Å²) in [4.78, 5) is 33.5. The highest BCUT2D eigenvalue weighted by Crippen LogP contribution is 2.54. The summed E-state index contributed by atoms with van der Waals surface area (Å²) < 4.78 is 60.6. The molecule has 5 rings (SSSR count). The van der Waals surface area contributed by atoms with E-state index in [0.29, 0.717) is 34.6 Å². The Bertz CT molecular complexity index is 1520. The van der Waals surface area contributed by atoms with Crippen LogP contribution in [-0.2, 0) is 19.6 Å². The molecule has 1 atom stereocenters. The molecule has 1 aromatic carbocycles. The molecule has 3 heterocycles. The van der Waals surface area contributed by atoms with Crippen LogP contribution in [0.25, 0.3) is 0 Å². The lowest BCUT2D eigenvalue weighted by Crippen LogP contribution is -2.40. The lowest BCUT2D eigenvalue weighted by molar-refractivity contribution is -0.144. The maximum atomic E-state index is 13.7. The number of nitrogen functional groups attached to an aromatic ring is 1. The number of rotatable bonds is 11. The molecule has 246 valence electrons. The van der Waals surface area contributed by atoms with E-state index in [4.69, 9.17) is 16.2 Å². The topological polar surface area (TPSA) is 173 Å². The molecule has 2 saturated heterocycles. The van der Waals surface area contributed by atoms with Crippen LogP contribution in [-0.4, -0.2) is 75.8 Å². The molecule has 12 nitrogen and oxygen atoms in total. The highest BCUT2D eigenvalue weighted by Gasteiger charge is 2.44. The zero-order valence-corrected chi connectivity index (χ0v) is 26.2. The minimum Gasteiger partial charge on any atom is -0.463 e. The van der Waals surface area contributed by atoms with Crippen molar-refractivity contribution in [2.24, 2.45) is 11.1 Å². The first-order valence-electron chi connectivity index (χ1n) is 15.3. The molecule has 1 amide bonds. The van der Waals surface area contributed by atoms with Crippen LogP contribution in [0.4, 0.5) is 37.3 Å². The Morgan fingerprint density at radius 2 is 1.69 bits per heavy atom. The summed E-state index contributed by atoms with van der Waals surface area (Å²) in [5.74, 6) is -4.07. The molecule has 2 aliphatic heterocycles. The number of benzene rings is 1. The van der Waals surface area contributed by atoms with Crippen LogP contribution in [0.15, 0.2) is 30.3 Å². The molecule has 2 aromatic rings. The molecule has 1 aliphatic carbocycles. The van der Waals surface area contributed by atoms with E-state index in [9.17, 15) is 26.8 Å². The standard InChI is InChI=1S/C30H41F2N7O5S/c1-2-21(33)28(41)44-17-18-45(42,43)37-20-3-5-23(25(19-20)38-13-9-29(7-8-29)10-14-38)36-27(40)24-6-4-22(34)26(35-24)39-15-11-30(31,32)12-16-39/h3-6,19,21,37H,2,7-18,33-34H2,1H3,(H,36,40)/t21-/m1/s1. The zero-order valence-electron chi connectivity index (χ0n) is 25.4. The van der Waals surface area contributed by atoms with Gasteiger partial charge in [0.2, 0.25) is 10.0 Å². The zero-order chi connectivity index (χ0) is 32.4. The van der Waals surface area contributed by atoms with Crippen molar-refractivity contribution in [2.75, 3.05) is 64.1 Å². The molecule has 1 aromatic heterocycles. The summed E-state index contributed by atoms with van der Waals surface area (Å²) >= 11 is 0. The number of sulfonamides is 1. The predicted molar refractivity (Wildman–Crippen MR) is 169 cm³/mol. The second-order valence-corrected chi connectivity index (χ2v) is 14.1. The summed E-state index contributed by atoms with van der Waals surface area (Å²) in [6.07, 6.45) is 4.15. The highest BCUT2D eigenvalue weighted by molar-refractivity contribution is 7.92. The number of alkyl halides is 2. The Morgan fingerprint density at radius 3 is 2.33 bits per heavy atom. The van der Waals surface area contributed by atoms with Gasteiger partial charge in [0.15, 0.2) is 5.82 Å². The second-order valence-electron chi connectivity index (χ2n) is 12.2. The number of nitrogens with zero attached hydrogens (tertiary/aromatic N) is 3. The summed E-state index contributed by atoms with van der Waals surface area (Å²) in [5.41, 5.74) is 13.9. The SMILES string of the molecule is CC[C@@H](N)C(=O)OCCS(=O)(=O)Nc1ccc(NC(=O)c2ccc(N)c(N3CCC(F)(F)CC3)n2)c(N2CCC3(CC2)CC3)c1. The van der Waals surface area contributed by atoms with Crippen molar-refractivity contribution < 1.29 is 31.5 Å². The van der Waals surface area contributed by atoms with Crippen molar-refractivity contribution in [3.05, 3.63) is 36.0 Å². The number of hydrogen-bond donors (Lipinski definition) is 4. The highest BCUT2D eigenvalue weighted by atomic mass is 32.2. The molecule has 1 saturated carbocycles. The van der Waals surface area contributed by atoms with Crippen molar-refractivity contribution in [2.45, 2.75) is 63.8 Å². The number of pyridine rings is 1. The summed E-state index contributed by atoms with van der Waals surface area (Å²) in [7, 11) is -3.87. The van der Waals surface area contributed by atoms with Gasteiger partial charge in [-0.15, -0.1) is 0 Å². The number of anilines is 5. The fourth-order valence-electron chi connectivity index (χ4n) is 5.69. The largest absolute Gasteiger partial charge is 0.463 e. The van der Waals surface area contributed by atoms with Gasteiger partial charge in [-0.25, -0.2) is 22.2 Å². The van der Waals surface area contributed by atoms with Crippen LogP contribution in [0.2, 0.25) is 0 Å². The van der Waals surface area contributed by atoms with Gasteiger partial charge in [-0.1, -0.05) is 6.92 Å². The number of nitrogens with one attached hydrogen (secondary N) is 2. The van der Waals surface area contributed by atoms with E-state index in [2.05, 4.69) is 19.9 Å². The first-order valence-corrected chi connectivity index (χ1v) is 17.0. The van der Waals surface area contributed by atoms with E-state index in [1.54, 1.807) is 24.0 Å². The van der Waals surface area contributed by atoms with Gasteiger partial charge in [0, 0.05) is 39.0 Å². The number of aromatic nitrogens is 1. The molecule has 3 aliphatic rings. The first kappa shape index (κ1) is 32.7. The molecule has 45 heavy (non-hydrogen) atoms. The number of nitrogens with two attached hydrogens (primary N) is 2. The third-order valence-electron chi connectivity index (χ3n) is 8.91. The quantitative estimate of drug-likeness (QED) is 0.264. The van der Waals surface area contributed by atoms with E-state index in [0.717, 1.165) is 25.9 Å². The average molecular weight is 650 g/mol. The Labute approximate surface area is 261 Å². The van der Waals surface area contributed by atoms with Crippen LogP contribution < -0.4 is 31.3 Å². The van der Waals surface area contributed by atoms with Crippen LogP contribution >= 0.6 is 0 Å². The number of esters is 1. The van der Waals surface area contributed by atoms with Crippen molar-refractivity contribution in [1.29, 1.82) is 0 Å². The smallest absolute Gasteiger partial charge is 0.322 e. The molecule has 0 radical (unpaired) electrons. The predicted octanol–water partition coefficient (Wildman–Crippen LogP) is 3.55. The molecular weight excluding hydrogens is 608 g/mol. The number of piperidine rings is 2. The number of amides is 1. The van der Waals surface area contributed by atoms with Gasteiger partial charge in [-0.3, -0.25) is 14.3 Å². The van der Waals surface area contributed by atoms with E-state index in [1.165, 1.54) is 31.0 Å². The number of carbonyl (C=O) groups excluding carboxylic acids is 2. The van der Waals surface area contributed by atoms with Gasteiger partial charge in [-0.2, -0.15) is 0 Å². The van der Waals surface area contributed by atoms with Gasteiger partial charge in [-0.05, 0) is 67.9 Å². The average Bonchev–Trinajstić information content (AvgIpc) is 3.76. The van der Waals surface area contributed by atoms with Gasteiger partial charge >= 0.3 is 5.97 Å². The normalized spacial score (nSPS) is 19.6. The Balaban J connectivity index is 1.32. The fourth-order valence-corrected chi connectivity index (χ4v) is 6.58. The van der Waals surface area contributed by atoms with E-state index >= 15 is 0 Å². The van der Waals surface area contributed by atoms with E-state index in [1.807, 2.05) is 0 Å². The molecule has 0 unspecified atom stereocenters. The van der Waals surface area contributed by atoms with Gasteiger partial charge in [0.1, 0.15) is 24.1 Å². The first-order chi connectivity index (χ1) is 21.3. The maximum absolute atomic E-state index is 13.7. The molecule has 15 heteroatoms. The van der Waals surface area contributed by atoms with Gasteiger partial charge < -0.3 is 31.3 Å². The summed E-state index contributed by atoms with van der Waals surface area (Å²) in [6, 6.07) is 7.04. The fraction of sp³-hybridized carbons (Fsp3) is 0.567. The van der Waals surface area contributed by atoms with Gasteiger partial charge in [0.05, 0.1) is 22.7 Å². The van der Waals surface area contributed by atoms with Crippen molar-refractivity contribution in [3.63, 3.8) is 0 Å². The Hall–Kier alpha value is -3.72. The number of halogens is 2. The van der Waals surface area contributed by atoms with Crippen LogP contribution in [0.3, 0.4) is 0 Å². The maximum Gasteiger partial charge on any atom is 0.322 e. The molecular formula is C30H41F2N7O5S. The molecule has 6 N–H and O–H groups in total. The minimum atomic E-state index is -3.87. The van der Waals surface area contributed by atoms with Crippen LogP contribution in [0.5, 0.6) is 0 Å². The van der Waals surface area contributed by atoms with Crippen molar-refractivity contribution in [1.82, 2.24) is 4.98 Å². The van der Waals surface area contributed by atoms with E-state index < -0.39 is 39.6 Å². The molecule has 0 bridgehead atoms. The Kier molecular flexibility index (Phi) is 9.40. The van der Waals surface area contributed by atoms with Crippen LogP contribution in [0.1, 0.15) is 62.4 Å². The Morgan fingerprint density at radius 1 is 1.02 bits per heavy atom. The third kappa shape index (κ3) is 8.12. The summed E-state index contributed by atoms with van der Waals surface area (Å²) in [5, 5.41) is 2.91. The van der Waals surface area contributed by atoms with Gasteiger partial charge in [0.25, 0.3) is 11.8 Å². The lowest BCUT2D eigenvalue weighted by Gasteiger charge is -2.35. The number of ether oxygens (including phenoxy) is 1. The summed E-state index contributed by atoms with van der Waals surface area (Å²) in [6.45, 7) is 3.02. The third-order valence-corrected chi connectivity index (χ3v) is 10.2. The molecule has 3 fully saturated rings. The van der Waals surface area contributed by atoms with Crippen molar-refractivity contribution in [3.8, 4) is 0 Å². The van der Waals surface area contributed by atoms with Crippen molar-refractivity contribution >= 4 is 50.5 Å². The van der Waals surface area contributed by atoms with Crippen LogP contribution in [0, 0.1) is 5.41 Å². The second kappa shape index (κ2) is 12.9. The monoisotopic (exact) mass is 649 g/mol. The van der Waals surface area contributed by atoms with E-state index in [-0.39, 0.29) is 44.0 Å². The lowest BCUT2D eigenvalue weighted by atomic mass is 9.93. The number of hydrogen-bond acceptors (Lipinski definition) is 10. The minimum absolute atomic E-state index is 0.0696.